The number of hydrogen-bond donors (Lipinski definition) is 1. The number of hydrogen-bond acceptors (Lipinski definition) is 4. The molecule has 0 amide bonds. The van der Waals surface area contributed by atoms with Crippen LogP contribution in [0, 0.1) is 0 Å². The minimum atomic E-state index is -0.950. The van der Waals surface area contributed by atoms with Crippen LogP contribution in [-0.2, 0) is 10.8 Å². The Morgan fingerprint density at radius 3 is 2.15 bits per heavy atom. The maximum Gasteiger partial charge on any atom is 0.127 e. The molecule has 0 radical (unpaired) electrons. The van der Waals surface area contributed by atoms with Crippen molar-refractivity contribution in [2.45, 2.75) is 11.8 Å². The van der Waals surface area contributed by atoms with Gasteiger partial charge in [0.25, 0.3) is 0 Å². The highest BCUT2D eigenvalue weighted by Crippen LogP contribution is 2.23. The number of thioether (sulfide) groups is 1. The summed E-state index contributed by atoms with van der Waals surface area (Å²) >= 11 is 1.68. The zero-order valence-corrected chi connectivity index (χ0v) is 12.9. The molecule has 106 valence electrons. The number of rotatable bonds is 6. The standard InChI is InChI=1S/C15H17NO2S2/c1-2-19-11-20(17)15-9-7-14(8-10-15)18-13-5-3-12(16)4-6-13/h3-10H,2,11,16H2,1H3. The first-order valence-electron chi connectivity index (χ1n) is 6.28. The van der Waals surface area contributed by atoms with Crippen LogP contribution in [-0.4, -0.2) is 15.0 Å². The fourth-order valence-corrected chi connectivity index (χ4v) is 3.81. The third-order valence-corrected chi connectivity index (χ3v) is 5.33. The van der Waals surface area contributed by atoms with Gasteiger partial charge in [0.05, 0.1) is 15.9 Å². The second kappa shape index (κ2) is 7.36. The predicted molar refractivity (Wildman–Crippen MR) is 86.8 cm³/mol. The maximum atomic E-state index is 11.9. The molecule has 1 unspecified atom stereocenters. The Morgan fingerprint density at radius 1 is 1.05 bits per heavy atom. The lowest BCUT2D eigenvalue weighted by atomic mass is 10.3. The number of ether oxygens (including phenoxy) is 1. The van der Waals surface area contributed by atoms with Crippen LogP contribution in [0.4, 0.5) is 5.69 Å². The Morgan fingerprint density at radius 2 is 1.60 bits per heavy atom. The molecule has 0 saturated heterocycles. The fourth-order valence-electron chi connectivity index (χ4n) is 1.56. The van der Waals surface area contributed by atoms with E-state index in [2.05, 4.69) is 6.92 Å². The van der Waals surface area contributed by atoms with Crippen LogP contribution >= 0.6 is 11.8 Å². The molecule has 0 aliphatic heterocycles. The summed E-state index contributed by atoms with van der Waals surface area (Å²) in [6, 6.07) is 14.6. The minimum Gasteiger partial charge on any atom is -0.457 e. The monoisotopic (exact) mass is 307 g/mol. The second-order valence-corrected chi connectivity index (χ2v) is 7.19. The molecule has 3 nitrogen and oxygen atoms in total. The summed E-state index contributed by atoms with van der Waals surface area (Å²) in [5.74, 6) is 2.43. The van der Waals surface area contributed by atoms with E-state index in [1.807, 2.05) is 36.4 Å². The molecule has 2 aromatic carbocycles. The van der Waals surface area contributed by atoms with Crippen molar-refractivity contribution in [2.75, 3.05) is 16.6 Å². The molecule has 0 aliphatic rings. The first-order chi connectivity index (χ1) is 9.69. The minimum absolute atomic E-state index is 0.634. The van der Waals surface area contributed by atoms with Gasteiger partial charge in [0.2, 0.25) is 0 Å². The first kappa shape index (κ1) is 14.9. The van der Waals surface area contributed by atoms with Crippen molar-refractivity contribution < 1.29 is 8.95 Å². The summed E-state index contributed by atoms with van der Waals surface area (Å²) in [6.07, 6.45) is 0. The van der Waals surface area contributed by atoms with Crippen LogP contribution in [0.2, 0.25) is 0 Å². The second-order valence-electron chi connectivity index (χ2n) is 4.10. The molecule has 2 aromatic rings. The summed E-state index contributed by atoms with van der Waals surface area (Å²) in [4.78, 5) is 0.829. The van der Waals surface area contributed by atoms with Crippen molar-refractivity contribution in [1.29, 1.82) is 0 Å². The normalized spacial score (nSPS) is 12.1. The molecule has 1 atom stereocenters. The van der Waals surface area contributed by atoms with E-state index in [4.69, 9.17) is 10.5 Å². The summed E-state index contributed by atoms with van der Waals surface area (Å²) in [7, 11) is -0.950. The molecular weight excluding hydrogens is 290 g/mol. The van der Waals surface area contributed by atoms with E-state index in [9.17, 15) is 4.21 Å². The fraction of sp³-hybridized carbons (Fsp3) is 0.200. The van der Waals surface area contributed by atoms with Gasteiger partial charge in [-0.05, 0) is 54.3 Å². The molecule has 0 bridgehead atoms. The van der Waals surface area contributed by atoms with Gasteiger partial charge < -0.3 is 10.5 Å². The van der Waals surface area contributed by atoms with E-state index in [-0.39, 0.29) is 0 Å². The topological polar surface area (TPSA) is 52.3 Å². The van der Waals surface area contributed by atoms with Gasteiger partial charge in [0.15, 0.2) is 0 Å². The van der Waals surface area contributed by atoms with Gasteiger partial charge in [-0.15, -0.1) is 11.8 Å². The Hall–Kier alpha value is -1.46. The molecule has 0 aliphatic carbocycles. The largest absolute Gasteiger partial charge is 0.457 e. The van der Waals surface area contributed by atoms with Crippen LogP contribution in [0.25, 0.3) is 0 Å². The van der Waals surface area contributed by atoms with E-state index in [1.165, 1.54) is 0 Å². The Kier molecular flexibility index (Phi) is 5.49. The van der Waals surface area contributed by atoms with Crippen molar-refractivity contribution in [2.24, 2.45) is 0 Å². The van der Waals surface area contributed by atoms with Crippen molar-refractivity contribution in [3.05, 3.63) is 48.5 Å². The molecule has 20 heavy (non-hydrogen) atoms. The van der Waals surface area contributed by atoms with Crippen molar-refractivity contribution in [3.63, 3.8) is 0 Å². The third kappa shape index (κ3) is 4.28. The summed E-state index contributed by atoms with van der Waals surface area (Å²) < 4.78 is 17.6. The van der Waals surface area contributed by atoms with Gasteiger partial charge in [0, 0.05) is 10.6 Å². The highest BCUT2D eigenvalue weighted by atomic mass is 32.2. The molecule has 0 aromatic heterocycles. The molecule has 0 heterocycles. The third-order valence-electron chi connectivity index (χ3n) is 2.60. The van der Waals surface area contributed by atoms with E-state index in [0.29, 0.717) is 10.8 Å². The van der Waals surface area contributed by atoms with Gasteiger partial charge in [0.1, 0.15) is 11.5 Å². The molecular formula is C15H17NO2S2. The number of nitrogens with two attached hydrogens (primary N) is 1. The number of anilines is 1. The highest BCUT2D eigenvalue weighted by molar-refractivity contribution is 8.10. The van der Waals surface area contributed by atoms with Crippen LogP contribution in [0.1, 0.15) is 6.92 Å². The SMILES string of the molecule is CCSCS(=O)c1ccc(Oc2ccc(N)cc2)cc1. The Balaban J connectivity index is 2.01. The molecule has 0 fully saturated rings. The highest BCUT2D eigenvalue weighted by Gasteiger charge is 2.04. The average molecular weight is 307 g/mol. The smallest absolute Gasteiger partial charge is 0.127 e. The van der Waals surface area contributed by atoms with Gasteiger partial charge in [-0.25, -0.2) is 0 Å². The van der Waals surface area contributed by atoms with Crippen LogP contribution in [0.15, 0.2) is 53.4 Å². The van der Waals surface area contributed by atoms with Crippen molar-refractivity contribution in [3.8, 4) is 11.5 Å². The lowest BCUT2D eigenvalue weighted by Crippen LogP contribution is -1.95. The lowest BCUT2D eigenvalue weighted by molar-refractivity contribution is 0.482. The zero-order chi connectivity index (χ0) is 14.4. The van der Waals surface area contributed by atoms with Gasteiger partial charge in [-0.1, -0.05) is 6.92 Å². The van der Waals surface area contributed by atoms with Crippen LogP contribution < -0.4 is 10.5 Å². The van der Waals surface area contributed by atoms with Crippen LogP contribution in [0.3, 0.4) is 0 Å². The molecule has 2 rings (SSSR count). The van der Waals surface area contributed by atoms with Crippen molar-refractivity contribution in [1.82, 2.24) is 0 Å². The van der Waals surface area contributed by atoms with Gasteiger partial charge in [-0.3, -0.25) is 4.21 Å². The van der Waals surface area contributed by atoms with E-state index in [0.717, 1.165) is 22.1 Å². The molecule has 2 N–H and O–H groups in total. The first-order valence-corrected chi connectivity index (χ1v) is 8.76. The Bertz CT molecular complexity index is 567. The zero-order valence-electron chi connectivity index (χ0n) is 11.2. The van der Waals surface area contributed by atoms with E-state index in [1.54, 1.807) is 23.9 Å². The summed E-state index contributed by atoms with van der Waals surface area (Å²) in [5, 5.41) is 0.634. The van der Waals surface area contributed by atoms with E-state index < -0.39 is 10.8 Å². The van der Waals surface area contributed by atoms with Gasteiger partial charge in [-0.2, -0.15) is 0 Å². The molecule has 5 heteroatoms. The molecule has 0 spiro atoms. The maximum absolute atomic E-state index is 11.9. The van der Waals surface area contributed by atoms with Crippen LogP contribution in [0.5, 0.6) is 11.5 Å². The number of nitrogen functional groups attached to an aromatic ring is 1. The van der Waals surface area contributed by atoms with E-state index >= 15 is 0 Å². The molecule has 0 saturated carbocycles. The summed E-state index contributed by atoms with van der Waals surface area (Å²) in [5.41, 5.74) is 6.33. The summed E-state index contributed by atoms with van der Waals surface area (Å²) in [6.45, 7) is 2.06. The predicted octanol–water partition coefficient (Wildman–Crippen LogP) is 3.88. The lowest BCUT2D eigenvalue weighted by Gasteiger charge is -2.07. The van der Waals surface area contributed by atoms with Gasteiger partial charge >= 0.3 is 0 Å². The quantitative estimate of drug-likeness (QED) is 0.823. The average Bonchev–Trinajstić information content (AvgIpc) is 2.48. The Labute approximate surface area is 126 Å². The number of benzene rings is 2. The van der Waals surface area contributed by atoms with Crippen molar-refractivity contribution >= 4 is 28.2 Å².